The van der Waals surface area contributed by atoms with Crippen molar-refractivity contribution in [3.63, 3.8) is 0 Å². The van der Waals surface area contributed by atoms with Crippen molar-refractivity contribution in [2.45, 2.75) is 13.8 Å². The van der Waals surface area contributed by atoms with E-state index in [1.165, 1.54) is 0 Å². The van der Waals surface area contributed by atoms with E-state index in [2.05, 4.69) is 4.98 Å². The largest absolute Gasteiger partial charge is 2.00 e. The van der Waals surface area contributed by atoms with Gasteiger partial charge in [0.25, 0.3) is 0 Å². The number of hydrogen-bond acceptors (Lipinski definition) is 1. The molecule has 0 aliphatic heterocycles. The zero-order chi connectivity index (χ0) is 6.41. The topological polar surface area (TPSA) is 17.8 Å². The van der Waals surface area contributed by atoms with Gasteiger partial charge in [0, 0.05) is 19.4 Å². The van der Waals surface area contributed by atoms with E-state index < -0.39 is 0 Å². The van der Waals surface area contributed by atoms with Crippen LogP contribution in [0.1, 0.15) is 13.8 Å². The van der Waals surface area contributed by atoms with Crippen LogP contribution >= 0.6 is 0 Å². The Hall–Kier alpha value is 0.641. The fourth-order valence-corrected chi connectivity index (χ4v) is 0.326. The summed E-state index contributed by atoms with van der Waals surface area (Å²) >= 11 is 0. The number of rotatable bonds is 0. The van der Waals surface area contributed by atoms with E-state index in [-0.39, 0.29) is 58.3 Å². The summed E-state index contributed by atoms with van der Waals surface area (Å²) in [5.41, 5.74) is 0. The fraction of sp³-hybridized carbons (Fsp3) is 0.500. The van der Waals surface area contributed by atoms with Crippen LogP contribution in [0.5, 0.6) is 0 Å². The monoisotopic (exact) mass is 288 g/mol. The second-order valence-corrected chi connectivity index (χ2v) is 1.23. The van der Waals surface area contributed by atoms with Crippen molar-refractivity contribution in [1.29, 1.82) is 0 Å². The average molecular weight is 288 g/mol. The maximum absolute atomic E-state index is 3.78. The molecule has 62 valence electrons. The van der Waals surface area contributed by atoms with Gasteiger partial charge in [-0.25, -0.2) is 4.98 Å². The number of halogens is 2. The van der Waals surface area contributed by atoms with Crippen LogP contribution in [0.4, 0.5) is 0 Å². The Morgan fingerprint density at radius 1 is 1.18 bits per heavy atom. The summed E-state index contributed by atoms with van der Waals surface area (Å²) in [6, 6.07) is 0. The number of imidazole rings is 1. The van der Waals surface area contributed by atoms with Crippen molar-refractivity contribution in [3.05, 3.63) is 18.7 Å². The molecule has 1 rings (SSSR count). The molecule has 0 unspecified atom stereocenters. The summed E-state index contributed by atoms with van der Waals surface area (Å²) in [5.74, 6) is 0. The van der Waals surface area contributed by atoms with E-state index in [1.54, 1.807) is 12.5 Å². The minimum atomic E-state index is 0. The first-order chi connectivity index (χ1) is 3.89. The Kier molecular flexibility index (Phi) is 34.8. The molecule has 0 spiro atoms. The molecule has 1 heterocycles. The van der Waals surface area contributed by atoms with E-state index in [4.69, 9.17) is 0 Å². The third-order valence-corrected chi connectivity index (χ3v) is 0.637. The molecule has 0 fully saturated rings. The van der Waals surface area contributed by atoms with Gasteiger partial charge in [-0.15, -0.1) is 0 Å². The number of nitrogens with zero attached hydrogens (tertiary/aromatic N) is 2. The molecule has 2 nitrogen and oxygen atoms in total. The van der Waals surface area contributed by atoms with Crippen molar-refractivity contribution in [1.82, 2.24) is 9.55 Å². The smallest absolute Gasteiger partial charge is 1.00 e. The molecule has 0 N–H and O–H groups in total. The van der Waals surface area contributed by atoms with Crippen LogP contribution in [0.3, 0.4) is 0 Å². The molecule has 1 aromatic rings. The number of aryl methyl sites for hydroxylation is 1. The molecule has 1 aromatic heterocycles. The summed E-state index contributed by atoms with van der Waals surface area (Å²) < 4.78 is 1.89. The normalized spacial score (nSPS) is 5.36. The van der Waals surface area contributed by atoms with Crippen LogP contribution < -0.4 is 9.41 Å². The van der Waals surface area contributed by atoms with Gasteiger partial charge in [-0.05, 0) is 0 Å². The van der Waals surface area contributed by atoms with Crippen molar-refractivity contribution in [3.8, 4) is 0 Å². The fourth-order valence-electron chi connectivity index (χ4n) is 0.326. The van der Waals surface area contributed by atoms with E-state index in [0.717, 1.165) is 0 Å². The molecule has 0 atom stereocenters. The molecule has 0 aliphatic carbocycles. The first kappa shape index (κ1) is 22.6. The molecular formula is C6H12BaF2N2. The van der Waals surface area contributed by atoms with Gasteiger partial charge in [-0.1, -0.05) is 13.8 Å². The van der Waals surface area contributed by atoms with Crippen LogP contribution in [0.15, 0.2) is 18.7 Å². The van der Waals surface area contributed by atoms with Crippen molar-refractivity contribution >= 4 is 48.9 Å². The predicted octanol–water partition coefficient (Wildman–Crippen LogP) is -4.93. The van der Waals surface area contributed by atoms with E-state index in [9.17, 15) is 0 Å². The van der Waals surface area contributed by atoms with Gasteiger partial charge < -0.3 is 14.0 Å². The van der Waals surface area contributed by atoms with E-state index in [0.29, 0.717) is 0 Å². The van der Waals surface area contributed by atoms with Crippen LogP contribution in [0.2, 0.25) is 0 Å². The Morgan fingerprint density at radius 3 is 1.73 bits per heavy atom. The number of aromatic nitrogens is 2. The van der Waals surface area contributed by atoms with Gasteiger partial charge in [0.05, 0.1) is 6.33 Å². The second kappa shape index (κ2) is 16.9. The van der Waals surface area contributed by atoms with Crippen molar-refractivity contribution in [2.24, 2.45) is 7.05 Å². The Balaban J connectivity index is -0.0000000459. The third-order valence-electron chi connectivity index (χ3n) is 0.637. The first-order valence-corrected chi connectivity index (χ1v) is 2.81. The summed E-state index contributed by atoms with van der Waals surface area (Å²) in [4.78, 5) is 3.78. The molecule has 0 aromatic carbocycles. The van der Waals surface area contributed by atoms with Gasteiger partial charge in [0.15, 0.2) is 0 Å². The van der Waals surface area contributed by atoms with E-state index >= 15 is 0 Å². The standard InChI is InChI=1S/C4H6N2.C2H6.Ba.2FH/c1-6-3-2-5-4-6;1-2;;;/h2-4H,1H3;1-2H3;;2*1H/q;;+2;;/p-2. The summed E-state index contributed by atoms with van der Waals surface area (Å²) in [6.07, 6.45) is 5.39. The molecule has 5 heteroatoms. The zero-order valence-electron chi connectivity index (χ0n) is 7.09. The minimum absolute atomic E-state index is 0. The molecular weight excluding hydrogens is 275 g/mol. The van der Waals surface area contributed by atoms with Gasteiger partial charge in [0.1, 0.15) is 0 Å². The van der Waals surface area contributed by atoms with Crippen molar-refractivity contribution in [2.75, 3.05) is 0 Å². The Morgan fingerprint density at radius 2 is 1.64 bits per heavy atom. The predicted molar refractivity (Wildman–Crippen MR) is 40.3 cm³/mol. The quantitative estimate of drug-likeness (QED) is 0.437. The molecule has 0 saturated heterocycles. The average Bonchev–Trinajstić information content (AvgIpc) is 2.24. The molecule has 0 aliphatic rings. The summed E-state index contributed by atoms with van der Waals surface area (Å²) in [5, 5.41) is 0. The van der Waals surface area contributed by atoms with Crippen molar-refractivity contribution < 1.29 is 9.41 Å². The first-order valence-electron chi connectivity index (χ1n) is 2.81. The molecule has 0 saturated carbocycles. The Labute approximate surface area is 106 Å². The molecule has 11 heavy (non-hydrogen) atoms. The summed E-state index contributed by atoms with van der Waals surface area (Å²) in [7, 11) is 1.94. The maximum Gasteiger partial charge on any atom is 2.00 e. The molecule has 0 bridgehead atoms. The summed E-state index contributed by atoms with van der Waals surface area (Å²) in [6.45, 7) is 4.00. The van der Waals surface area contributed by atoms with Gasteiger partial charge >= 0.3 is 48.9 Å². The van der Waals surface area contributed by atoms with Crippen LogP contribution in [-0.2, 0) is 7.05 Å². The van der Waals surface area contributed by atoms with Gasteiger partial charge in [-0.2, -0.15) is 0 Å². The minimum Gasteiger partial charge on any atom is -1.00 e. The molecule has 0 amide bonds. The Bertz CT molecular complexity index is 122. The second-order valence-electron chi connectivity index (χ2n) is 1.23. The van der Waals surface area contributed by atoms with Crippen LogP contribution in [0, 0.1) is 0 Å². The van der Waals surface area contributed by atoms with Gasteiger partial charge in [0.2, 0.25) is 0 Å². The number of hydrogen-bond donors (Lipinski definition) is 0. The third kappa shape index (κ3) is 13.6. The van der Waals surface area contributed by atoms with E-state index in [1.807, 2.05) is 31.7 Å². The maximum atomic E-state index is 3.78. The van der Waals surface area contributed by atoms with Crippen LogP contribution in [0.25, 0.3) is 0 Å². The SMILES string of the molecule is CC.Cn1ccnc1.[Ba+2].[F-].[F-]. The van der Waals surface area contributed by atoms with Gasteiger partial charge in [-0.3, -0.25) is 0 Å². The van der Waals surface area contributed by atoms with Crippen LogP contribution in [-0.4, -0.2) is 58.4 Å². The zero-order valence-corrected chi connectivity index (χ0v) is 11.5. The molecule has 0 radical (unpaired) electrons.